The molecule has 10 radical (unpaired) electrons. The second kappa shape index (κ2) is 18.1. The first-order valence-corrected chi connectivity index (χ1v) is 17.9. The molecule has 2 fully saturated rings. The van der Waals surface area contributed by atoms with Crippen LogP contribution in [0.15, 0.2) is 146 Å². The van der Waals surface area contributed by atoms with Gasteiger partial charge in [0, 0.05) is 18.7 Å². The maximum atomic E-state index is 6.43. The van der Waals surface area contributed by atoms with Crippen LogP contribution in [0.2, 0.25) is 0 Å². The Labute approximate surface area is 290 Å². The normalized spacial score (nSPS) is 15.7. The van der Waals surface area contributed by atoms with Gasteiger partial charge in [-0.15, -0.1) is 0 Å². The zero-order chi connectivity index (χ0) is 30.7. The molecule has 4 heteroatoms. The van der Waals surface area contributed by atoms with Crippen molar-refractivity contribution in [1.82, 2.24) is 0 Å². The Morgan fingerprint density at radius 2 is 0.826 bits per heavy atom. The van der Waals surface area contributed by atoms with Gasteiger partial charge < -0.3 is 4.74 Å². The summed E-state index contributed by atoms with van der Waals surface area (Å²) < 4.78 is 6.43. The summed E-state index contributed by atoms with van der Waals surface area (Å²) >= 11 is 0. The molecule has 7 rings (SSSR count). The number of hydrogen-bond acceptors (Lipinski definition) is 1. The topological polar surface area (TPSA) is 9.23 Å². The summed E-state index contributed by atoms with van der Waals surface area (Å²) in [6.07, 6.45) is 16.6. The Morgan fingerprint density at radius 1 is 0.435 bits per heavy atom. The van der Waals surface area contributed by atoms with Crippen LogP contribution in [0.4, 0.5) is 0 Å². The van der Waals surface area contributed by atoms with Gasteiger partial charge in [-0.3, -0.25) is 0 Å². The third kappa shape index (κ3) is 8.47. The molecule has 0 saturated heterocycles. The van der Waals surface area contributed by atoms with Crippen molar-refractivity contribution in [2.45, 2.75) is 6.10 Å². The van der Waals surface area contributed by atoms with Crippen molar-refractivity contribution in [3.05, 3.63) is 214 Å². The van der Waals surface area contributed by atoms with Gasteiger partial charge in [-0.1, -0.05) is 146 Å². The van der Waals surface area contributed by atoms with Gasteiger partial charge in [-0.25, -0.2) is 0 Å². The van der Waals surface area contributed by atoms with Crippen LogP contribution >= 0.6 is 15.8 Å². The molecule has 1 atom stereocenters. The summed E-state index contributed by atoms with van der Waals surface area (Å²) in [4.78, 5) is 0. The van der Waals surface area contributed by atoms with Gasteiger partial charge >= 0.3 is 17.1 Å². The Bertz CT molecular complexity index is 1470. The number of rotatable bonds is 9. The molecule has 0 aliphatic heterocycles. The molecule has 1 nitrogen and oxygen atoms in total. The van der Waals surface area contributed by atoms with Crippen LogP contribution in [0.25, 0.3) is 0 Å². The van der Waals surface area contributed by atoms with Crippen molar-refractivity contribution in [3.63, 3.8) is 0 Å². The minimum absolute atomic E-state index is 0. The smallest absolute Gasteiger partial charge is 0.376 e. The zero-order valence-electron chi connectivity index (χ0n) is 25.7. The van der Waals surface area contributed by atoms with Gasteiger partial charge in [0.1, 0.15) is 0 Å². The molecule has 226 valence electrons. The number of hydrogen-bond donors (Lipinski definition) is 0. The minimum Gasteiger partial charge on any atom is -0.376 e. The third-order valence-corrected chi connectivity index (χ3v) is 12.7. The minimum atomic E-state index is -0.768. The molecule has 2 aliphatic rings. The van der Waals surface area contributed by atoms with Gasteiger partial charge in [-0.05, 0) is 99.3 Å². The fraction of sp³-hybridized carbons (Fsp3) is 0.0476. The van der Waals surface area contributed by atoms with E-state index in [2.05, 4.69) is 165 Å². The SMILES string of the molecule is CO[C@H]([C]1[CH][CH][CH][C]1P(c1ccccc1)c1ccccc1)c1ccccc1P(c1ccccc1)c1ccccc1.[CH]1[CH][CH][CH][CH]1.[Fe+2]. The van der Waals surface area contributed by atoms with Crippen LogP contribution in [0.1, 0.15) is 11.7 Å². The molecule has 0 bridgehead atoms. The first kappa shape index (κ1) is 34.8. The second-order valence-corrected chi connectivity index (χ2v) is 14.9. The van der Waals surface area contributed by atoms with Crippen molar-refractivity contribution >= 4 is 42.4 Å². The van der Waals surface area contributed by atoms with E-state index >= 15 is 0 Å². The van der Waals surface area contributed by atoms with Crippen LogP contribution in [0.3, 0.4) is 0 Å². The average molecular weight is 675 g/mol. The quantitative estimate of drug-likeness (QED) is 0.114. The van der Waals surface area contributed by atoms with Crippen molar-refractivity contribution in [1.29, 1.82) is 0 Å². The summed E-state index contributed by atoms with van der Waals surface area (Å²) in [5, 5.41) is 6.69. The standard InChI is InChI=1S/C37H31OP2.C5H5.Fe/c1-38-37(34-26-16-28-36(34)40(31-21-10-4-11-22-31)32-23-12-5-13-24-32)33-25-14-15-27-35(33)39(29-17-6-2-7-18-29)30-19-8-3-9-20-30;1-2-4-5-3-1;/h2-28,37H,1H3;1-5H;/q;;+2/t37-;;/m0../s1. The van der Waals surface area contributed by atoms with Gasteiger partial charge in [0.25, 0.3) is 0 Å². The van der Waals surface area contributed by atoms with E-state index in [0.717, 1.165) is 0 Å². The predicted octanol–water partition coefficient (Wildman–Crippen LogP) is 8.02. The van der Waals surface area contributed by atoms with E-state index < -0.39 is 15.8 Å². The monoisotopic (exact) mass is 674 g/mol. The van der Waals surface area contributed by atoms with Crippen LogP contribution in [-0.2, 0) is 21.8 Å². The van der Waals surface area contributed by atoms with E-state index in [0.29, 0.717) is 0 Å². The number of benzene rings is 5. The molecule has 0 heterocycles. The third-order valence-electron chi connectivity index (χ3n) is 7.66. The molecule has 5 aromatic rings. The van der Waals surface area contributed by atoms with E-state index in [1.807, 2.05) is 39.2 Å². The Balaban J connectivity index is 0.000000635. The van der Waals surface area contributed by atoms with Crippen LogP contribution in [0, 0.1) is 62.9 Å². The maximum Gasteiger partial charge on any atom is 2.00 e. The summed E-state index contributed by atoms with van der Waals surface area (Å²) in [5.41, 5.74) is 2.57. The molecule has 2 aliphatic carbocycles. The summed E-state index contributed by atoms with van der Waals surface area (Å²) in [6.45, 7) is 0. The van der Waals surface area contributed by atoms with Gasteiger partial charge in [0.05, 0.1) is 6.10 Å². The van der Waals surface area contributed by atoms with E-state index in [9.17, 15) is 0 Å². The van der Waals surface area contributed by atoms with Crippen molar-refractivity contribution in [2.75, 3.05) is 7.11 Å². The van der Waals surface area contributed by atoms with Crippen LogP contribution in [0.5, 0.6) is 0 Å². The molecule has 0 unspecified atom stereocenters. The summed E-state index contributed by atoms with van der Waals surface area (Å²) in [6, 6.07) is 52.5. The zero-order valence-corrected chi connectivity index (χ0v) is 28.6. The summed E-state index contributed by atoms with van der Waals surface area (Å²) in [7, 11) is 0.332. The molecule has 46 heavy (non-hydrogen) atoms. The Morgan fingerprint density at radius 3 is 1.26 bits per heavy atom. The molecular weight excluding hydrogens is 638 g/mol. The molecule has 2 saturated carbocycles. The fourth-order valence-electron chi connectivity index (χ4n) is 5.67. The largest absolute Gasteiger partial charge is 2.00 e. The van der Waals surface area contributed by atoms with Gasteiger partial charge in [0.15, 0.2) is 0 Å². The first-order valence-electron chi connectivity index (χ1n) is 15.2. The second-order valence-electron chi connectivity index (χ2n) is 10.5. The van der Waals surface area contributed by atoms with E-state index in [-0.39, 0.29) is 23.2 Å². The molecular formula is C42H36FeOP2+2. The van der Waals surface area contributed by atoms with Crippen LogP contribution < -0.4 is 26.5 Å². The van der Waals surface area contributed by atoms with Crippen molar-refractivity contribution in [3.8, 4) is 0 Å². The average Bonchev–Trinajstić information content (AvgIpc) is 3.85. The fourth-order valence-corrected chi connectivity index (χ4v) is 10.6. The maximum absolute atomic E-state index is 6.43. The van der Waals surface area contributed by atoms with Crippen LogP contribution in [-0.4, -0.2) is 7.11 Å². The van der Waals surface area contributed by atoms with E-state index in [1.54, 1.807) is 0 Å². The molecule has 0 N–H and O–H groups in total. The van der Waals surface area contributed by atoms with Gasteiger partial charge in [0.2, 0.25) is 0 Å². The molecule has 0 amide bonds. The van der Waals surface area contributed by atoms with Crippen molar-refractivity contribution < 1.29 is 21.8 Å². The molecule has 5 aromatic carbocycles. The molecule has 0 spiro atoms. The Hall–Kier alpha value is -2.56. The molecule has 0 aromatic heterocycles. The Kier molecular flexibility index (Phi) is 13.7. The van der Waals surface area contributed by atoms with E-state index in [1.165, 1.54) is 43.7 Å². The predicted molar refractivity (Wildman–Crippen MR) is 195 cm³/mol. The van der Waals surface area contributed by atoms with Crippen molar-refractivity contribution in [2.24, 2.45) is 0 Å². The number of ether oxygens (including phenoxy) is 1. The van der Waals surface area contributed by atoms with E-state index in [4.69, 9.17) is 4.74 Å². The number of methoxy groups -OCH3 is 1. The summed E-state index contributed by atoms with van der Waals surface area (Å²) in [5.74, 6) is 1.24. The van der Waals surface area contributed by atoms with Gasteiger partial charge in [-0.2, -0.15) is 0 Å². The first-order chi connectivity index (χ1) is 22.3.